The number of aromatic nitrogens is 4. The van der Waals surface area contributed by atoms with Gasteiger partial charge in [-0.1, -0.05) is 11.3 Å². The van der Waals surface area contributed by atoms with Crippen LogP contribution in [0, 0.1) is 6.92 Å². The van der Waals surface area contributed by atoms with E-state index in [1.54, 1.807) is 15.8 Å². The molecule has 0 N–H and O–H groups in total. The monoisotopic (exact) mass is 417 g/mol. The van der Waals surface area contributed by atoms with Crippen LogP contribution in [0.4, 0.5) is 13.2 Å². The van der Waals surface area contributed by atoms with Gasteiger partial charge in [0.15, 0.2) is 5.82 Å². The van der Waals surface area contributed by atoms with Crippen molar-refractivity contribution in [2.45, 2.75) is 32.7 Å². The third kappa shape index (κ3) is 3.85. The maximum absolute atomic E-state index is 13.0. The first-order valence-electron chi connectivity index (χ1n) is 9.27. The topological polar surface area (TPSA) is 73.1 Å². The summed E-state index contributed by atoms with van der Waals surface area (Å²) in [6.45, 7) is 4.14. The molecule has 0 saturated carbocycles. The number of ether oxygens (including phenoxy) is 1. The first-order valence-corrected chi connectivity index (χ1v) is 9.27. The highest BCUT2D eigenvalue weighted by molar-refractivity contribution is 5.95. The molecule has 2 aromatic heterocycles. The van der Waals surface area contributed by atoms with Crippen LogP contribution in [0.5, 0.6) is 5.75 Å². The van der Waals surface area contributed by atoms with Gasteiger partial charge >= 0.3 is 6.36 Å². The van der Waals surface area contributed by atoms with E-state index >= 15 is 0 Å². The fourth-order valence-corrected chi connectivity index (χ4v) is 3.53. The third-order valence-corrected chi connectivity index (χ3v) is 4.94. The maximum Gasteiger partial charge on any atom is 0.573 e. The number of alkyl halides is 3. The summed E-state index contributed by atoms with van der Waals surface area (Å²) in [5.41, 5.74) is 2.64. The van der Waals surface area contributed by atoms with E-state index in [1.165, 1.54) is 12.1 Å². The molecule has 156 valence electrons. The zero-order chi connectivity index (χ0) is 21.5. The molecule has 30 heavy (non-hydrogen) atoms. The van der Waals surface area contributed by atoms with Gasteiger partial charge < -0.3 is 9.64 Å². The Morgan fingerprint density at radius 3 is 2.77 bits per heavy atom. The molecule has 1 atom stereocenters. The number of nitrogens with zero attached hydrogens (tertiary/aromatic N) is 5. The van der Waals surface area contributed by atoms with E-state index in [9.17, 15) is 18.0 Å². The standard InChI is InChI=1S/C20H18F3N5O2/c1-12-6-8-24-17(10-12)28-16-7-9-27(13(2)18(16)25-26-28)19(29)14-4-3-5-15(11-14)30-20(21,22)23/h3-6,8,10-11,13H,7,9H2,1-2H3/t13-/m1/s1. The number of hydrogen-bond acceptors (Lipinski definition) is 5. The highest BCUT2D eigenvalue weighted by Crippen LogP contribution is 2.31. The van der Waals surface area contributed by atoms with Gasteiger partial charge in [-0.25, -0.2) is 4.98 Å². The Morgan fingerprint density at radius 2 is 2.03 bits per heavy atom. The SMILES string of the molecule is Cc1ccnc(-n2nnc3c2CCN(C(=O)c2cccc(OC(F)(F)F)c2)[C@@H]3C)c1. The predicted molar refractivity (Wildman–Crippen MR) is 100 cm³/mol. The van der Waals surface area contributed by atoms with Crippen molar-refractivity contribution in [2.24, 2.45) is 0 Å². The summed E-state index contributed by atoms with van der Waals surface area (Å²) in [6, 6.07) is 8.44. The number of fused-ring (bicyclic) bond motifs is 1. The number of rotatable bonds is 3. The van der Waals surface area contributed by atoms with Crippen molar-refractivity contribution in [3.05, 3.63) is 65.1 Å². The number of carbonyl (C=O) groups is 1. The average Bonchev–Trinajstić information content (AvgIpc) is 3.12. The lowest BCUT2D eigenvalue weighted by Gasteiger charge is -2.32. The Kier molecular flexibility index (Phi) is 4.92. The van der Waals surface area contributed by atoms with Gasteiger partial charge in [0.25, 0.3) is 5.91 Å². The summed E-state index contributed by atoms with van der Waals surface area (Å²) in [5.74, 6) is -0.188. The van der Waals surface area contributed by atoms with Gasteiger partial charge in [0, 0.05) is 24.7 Å². The number of aryl methyl sites for hydroxylation is 1. The molecule has 1 aliphatic heterocycles. The van der Waals surface area contributed by atoms with Crippen LogP contribution in [0.2, 0.25) is 0 Å². The quantitative estimate of drug-likeness (QED) is 0.651. The second-order valence-corrected chi connectivity index (χ2v) is 7.02. The number of pyridine rings is 1. The molecule has 0 aliphatic carbocycles. The fraction of sp³-hybridized carbons (Fsp3) is 0.300. The molecule has 0 unspecified atom stereocenters. The molecular formula is C20H18F3N5O2. The van der Waals surface area contributed by atoms with Crippen molar-refractivity contribution in [3.8, 4) is 11.6 Å². The van der Waals surface area contributed by atoms with Crippen LogP contribution in [0.25, 0.3) is 5.82 Å². The van der Waals surface area contributed by atoms with Gasteiger partial charge in [0.1, 0.15) is 11.4 Å². The van der Waals surface area contributed by atoms with Crippen molar-refractivity contribution < 1.29 is 22.7 Å². The van der Waals surface area contributed by atoms with Gasteiger partial charge in [-0.3, -0.25) is 4.79 Å². The number of hydrogen-bond donors (Lipinski definition) is 0. The van der Waals surface area contributed by atoms with Gasteiger partial charge in [0.05, 0.1) is 11.7 Å². The smallest absolute Gasteiger partial charge is 0.406 e. The van der Waals surface area contributed by atoms with Gasteiger partial charge in [0.2, 0.25) is 0 Å². The Morgan fingerprint density at radius 1 is 1.23 bits per heavy atom. The van der Waals surface area contributed by atoms with E-state index in [-0.39, 0.29) is 5.56 Å². The van der Waals surface area contributed by atoms with Gasteiger partial charge in [-0.2, -0.15) is 4.68 Å². The van der Waals surface area contributed by atoms with Gasteiger partial charge in [-0.15, -0.1) is 18.3 Å². The minimum absolute atomic E-state index is 0.111. The van der Waals surface area contributed by atoms with Crippen LogP contribution in [-0.2, 0) is 6.42 Å². The predicted octanol–water partition coefficient (Wildman–Crippen LogP) is 3.63. The molecule has 1 amide bonds. The molecule has 0 saturated heterocycles. The van der Waals surface area contributed by atoms with Crippen LogP contribution >= 0.6 is 0 Å². The lowest BCUT2D eigenvalue weighted by molar-refractivity contribution is -0.274. The van der Waals surface area contributed by atoms with E-state index in [2.05, 4.69) is 20.0 Å². The Balaban J connectivity index is 1.59. The lowest BCUT2D eigenvalue weighted by Crippen LogP contribution is -2.39. The van der Waals surface area contributed by atoms with Crippen LogP contribution in [0.15, 0.2) is 42.6 Å². The Bertz CT molecular complexity index is 1100. The van der Waals surface area contributed by atoms with Crippen LogP contribution in [0.1, 0.15) is 40.3 Å². The normalized spacial score (nSPS) is 16.3. The second kappa shape index (κ2) is 7.43. The summed E-state index contributed by atoms with van der Waals surface area (Å²) in [4.78, 5) is 18.9. The first kappa shape index (κ1) is 19.9. The molecule has 1 aromatic carbocycles. The van der Waals surface area contributed by atoms with Crippen LogP contribution in [0.3, 0.4) is 0 Å². The van der Waals surface area contributed by atoms with Crippen molar-refractivity contribution in [3.63, 3.8) is 0 Å². The third-order valence-electron chi connectivity index (χ3n) is 4.94. The first-order chi connectivity index (χ1) is 14.2. The molecule has 0 bridgehead atoms. The Labute approximate surface area is 170 Å². The maximum atomic E-state index is 13.0. The van der Waals surface area contributed by atoms with Crippen molar-refractivity contribution in [2.75, 3.05) is 6.54 Å². The summed E-state index contributed by atoms with van der Waals surface area (Å²) >= 11 is 0. The summed E-state index contributed by atoms with van der Waals surface area (Å²) < 4.78 is 43.0. The highest BCUT2D eigenvalue weighted by atomic mass is 19.4. The minimum Gasteiger partial charge on any atom is -0.406 e. The number of benzene rings is 1. The zero-order valence-corrected chi connectivity index (χ0v) is 16.2. The summed E-state index contributed by atoms with van der Waals surface area (Å²) in [7, 11) is 0. The highest BCUT2D eigenvalue weighted by Gasteiger charge is 2.34. The van der Waals surface area contributed by atoms with Crippen molar-refractivity contribution in [1.82, 2.24) is 24.9 Å². The fourth-order valence-electron chi connectivity index (χ4n) is 3.53. The molecule has 7 nitrogen and oxygen atoms in total. The molecular weight excluding hydrogens is 399 g/mol. The molecule has 3 aromatic rings. The minimum atomic E-state index is -4.82. The molecule has 3 heterocycles. The molecule has 1 aliphatic rings. The Hall–Kier alpha value is -3.43. The van der Waals surface area contributed by atoms with Gasteiger partial charge in [-0.05, 0) is 49.7 Å². The van der Waals surface area contributed by atoms with Crippen LogP contribution in [-0.4, -0.2) is 43.7 Å². The van der Waals surface area contributed by atoms with Crippen molar-refractivity contribution in [1.29, 1.82) is 0 Å². The molecule has 0 spiro atoms. The van der Waals surface area contributed by atoms with E-state index in [0.717, 1.165) is 23.4 Å². The second-order valence-electron chi connectivity index (χ2n) is 7.02. The van der Waals surface area contributed by atoms with E-state index in [0.29, 0.717) is 24.5 Å². The zero-order valence-electron chi connectivity index (χ0n) is 16.2. The van der Waals surface area contributed by atoms with E-state index < -0.39 is 24.1 Å². The van der Waals surface area contributed by atoms with E-state index in [4.69, 9.17) is 0 Å². The molecule has 10 heteroatoms. The lowest BCUT2D eigenvalue weighted by atomic mass is 10.0. The van der Waals surface area contributed by atoms with Crippen LogP contribution < -0.4 is 4.74 Å². The number of halogens is 3. The van der Waals surface area contributed by atoms with E-state index in [1.807, 2.05) is 26.0 Å². The summed E-state index contributed by atoms with van der Waals surface area (Å²) in [6.07, 6.45) is -2.64. The molecule has 4 rings (SSSR count). The van der Waals surface area contributed by atoms with Crippen molar-refractivity contribution >= 4 is 5.91 Å². The average molecular weight is 417 g/mol. The number of amides is 1. The summed E-state index contributed by atoms with van der Waals surface area (Å²) in [5, 5.41) is 8.44. The molecule has 0 fully saturated rings. The largest absolute Gasteiger partial charge is 0.573 e. The number of carbonyl (C=O) groups excluding carboxylic acids is 1. The molecule has 0 radical (unpaired) electrons.